The van der Waals surface area contributed by atoms with E-state index in [2.05, 4.69) is 17.0 Å². The van der Waals surface area contributed by atoms with Crippen LogP contribution in [-0.2, 0) is 23.8 Å². The number of hydrogen-bond acceptors (Lipinski definition) is 8. The molecule has 4 heterocycles. The van der Waals surface area contributed by atoms with Crippen LogP contribution >= 0.6 is 0 Å². The van der Waals surface area contributed by atoms with Crippen LogP contribution in [0.3, 0.4) is 0 Å². The maximum Gasteiger partial charge on any atom is 0.416 e. The van der Waals surface area contributed by atoms with Crippen LogP contribution < -0.4 is 4.74 Å². The summed E-state index contributed by atoms with van der Waals surface area (Å²) >= 11 is 0. The fourth-order valence-corrected chi connectivity index (χ4v) is 8.94. The third kappa shape index (κ3) is 7.81. The molecular formula is C37H50F3N3O6. The van der Waals surface area contributed by atoms with Crippen LogP contribution in [0.5, 0.6) is 5.75 Å². The zero-order chi connectivity index (χ0) is 34.7. The molecule has 5 atom stereocenters. The first-order valence-electron chi connectivity index (χ1n) is 17.7. The summed E-state index contributed by atoms with van der Waals surface area (Å²) in [5, 5.41) is 0. The van der Waals surface area contributed by atoms with Crippen molar-refractivity contribution in [2.45, 2.75) is 50.2 Å². The molecule has 0 bridgehead atoms. The highest BCUT2D eigenvalue weighted by molar-refractivity contribution is 5.81. The summed E-state index contributed by atoms with van der Waals surface area (Å²) in [6, 6.07) is 8.38. The molecule has 0 aromatic heterocycles. The fourth-order valence-electron chi connectivity index (χ4n) is 8.94. The van der Waals surface area contributed by atoms with Crippen LogP contribution in [0, 0.1) is 29.6 Å². The molecule has 1 unspecified atom stereocenters. The van der Waals surface area contributed by atoms with Crippen LogP contribution in [0.15, 0.2) is 47.7 Å². The van der Waals surface area contributed by atoms with Gasteiger partial charge in [-0.1, -0.05) is 18.2 Å². The Hall–Kier alpha value is -3.09. The summed E-state index contributed by atoms with van der Waals surface area (Å²) in [5.41, 5.74) is 1.13. The van der Waals surface area contributed by atoms with Crippen molar-refractivity contribution in [1.29, 1.82) is 0 Å². The Labute approximate surface area is 287 Å². The number of esters is 1. The number of allylic oxidation sites excluding steroid dienone is 4. The van der Waals surface area contributed by atoms with Gasteiger partial charge in [0.25, 0.3) is 0 Å². The number of carbonyl (C=O) groups is 2. The van der Waals surface area contributed by atoms with E-state index in [0.717, 1.165) is 43.9 Å². The number of alkyl halides is 3. The molecule has 4 saturated heterocycles. The van der Waals surface area contributed by atoms with E-state index in [-0.39, 0.29) is 53.8 Å². The summed E-state index contributed by atoms with van der Waals surface area (Å²) in [6.45, 7) is 5.24. The Morgan fingerprint density at radius 2 is 1.63 bits per heavy atom. The minimum absolute atomic E-state index is 0.0136. The second-order valence-corrected chi connectivity index (χ2v) is 14.3. The zero-order valence-corrected chi connectivity index (χ0v) is 28.8. The minimum atomic E-state index is -4.46. The van der Waals surface area contributed by atoms with Gasteiger partial charge in [0.2, 0.25) is 5.91 Å². The fraction of sp³-hybridized carbons (Fsp3) is 0.676. The predicted molar refractivity (Wildman–Crippen MR) is 177 cm³/mol. The van der Waals surface area contributed by atoms with Gasteiger partial charge in [-0.25, -0.2) is 0 Å². The Bertz CT molecular complexity index is 1370. The normalized spacial score (nSPS) is 29.1. The molecule has 6 rings (SSSR count). The van der Waals surface area contributed by atoms with Crippen LogP contribution in [0.1, 0.15) is 43.6 Å². The molecule has 12 heteroatoms. The van der Waals surface area contributed by atoms with E-state index in [0.29, 0.717) is 63.9 Å². The Balaban J connectivity index is 1.24. The average molecular weight is 690 g/mol. The molecule has 0 saturated carbocycles. The lowest BCUT2D eigenvalue weighted by molar-refractivity contribution is -0.147. The number of ether oxygens (including phenoxy) is 4. The molecule has 4 fully saturated rings. The van der Waals surface area contributed by atoms with Gasteiger partial charge < -0.3 is 28.7 Å². The van der Waals surface area contributed by atoms with Crippen molar-refractivity contribution in [1.82, 2.24) is 14.7 Å². The van der Waals surface area contributed by atoms with Gasteiger partial charge in [0.15, 0.2) is 0 Å². The number of rotatable bonds is 9. The Morgan fingerprint density at radius 3 is 2.27 bits per heavy atom. The topological polar surface area (TPSA) is 80.8 Å². The molecule has 1 amide bonds. The first kappa shape index (κ1) is 35.7. The zero-order valence-electron chi connectivity index (χ0n) is 28.8. The van der Waals surface area contributed by atoms with Crippen LogP contribution in [0.4, 0.5) is 13.2 Å². The van der Waals surface area contributed by atoms with Gasteiger partial charge in [0.05, 0.1) is 38.2 Å². The van der Waals surface area contributed by atoms with Crippen LogP contribution in [-0.4, -0.2) is 119 Å². The van der Waals surface area contributed by atoms with Crippen molar-refractivity contribution in [3.8, 4) is 5.75 Å². The lowest BCUT2D eigenvalue weighted by Crippen LogP contribution is -2.42. The highest BCUT2D eigenvalue weighted by atomic mass is 19.4. The molecule has 0 spiro atoms. The number of amides is 1. The molecule has 0 N–H and O–H groups in total. The second-order valence-electron chi connectivity index (χ2n) is 14.3. The number of methoxy groups -OCH3 is 3. The van der Waals surface area contributed by atoms with E-state index in [9.17, 15) is 22.8 Å². The van der Waals surface area contributed by atoms with Crippen molar-refractivity contribution in [3.63, 3.8) is 0 Å². The lowest BCUT2D eigenvalue weighted by atomic mass is 9.76. The quantitative estimate of drug-likeness (QED) is 0.340. The molecule has 9 nitrogen and oxygen atoms in total. The van der Waals surface area contributed by atoms with Crippen molar-refractivity contribution in [2.75, 3.05) is 80.4 Å². The van der Waals surface area contributed by atoms with E-state index in [4.69, 9.17) is 18.9 Å². The third-order valence-corrected chi connectivity index (χ3v) is 11.6. The van der Waals surface area contributed by atoms with Crippen LogP contribution in [0.25, 0.3) is 0 Å². The molecule has 0 radical (unpaired) electrons. The molecule has 5 aliphatic rings. The molecule has 270 valence electrons. The van der Waals surface area contributed by atoms with E-state index >= 15 is 0 Å². The van der Waals surface area contributed by atoms with Crippen molar-refractivity contribution < 1.29 is 41.7 Å². The number of nitrogens with zero attached hydrogens (tertiary/aromatic N) is 3. The number of likely N-dealkylation sites (tertiary alicyclic amines) is 3. The number of benzene rings is 1. The number of carbonyl (C=O) groups excluding carboxylic acids is 2. The maximum atomic E-state index is 14.6. The van der Waals surface area contributed by atoms with E-state index < -0.39 is 11.7 Å². The first-order chi connectivity index (χ1) is 23.6. The van der Waals surface area contributed by atoms with Gasteiger partial charge in [0, 0.05) is 89.1 Å². The molecular weight excluding hydrogens is 639 g/mol. The first-order valence-corrected chi connectivity index (χ1v) is 17.7. The summed E-state index contributed by atoms with van der Waals surface area (Å²) in [4.78, 5) is 33.3. The summed E-state index contributed by atoms with van der Waals surface area (Å²) in [6.07, 6.45) is 1.33. The second kappa shape index (κ2) is 15.4. The van der Waals surface area contributed by atoms with Crippen molar-refractivity contribution in [2.24, 2.45) is 29.6 Å². The number of hydrogen-bond donors (Lipinski definition) is 0. The summed E-state index contributed by atoms with van der Waals surface area (Å²) in [5.74, 6) is -0.199. The largest absolute Gasteiger partial charge is 0.497 e. The van der Waals surface area contributed by atoms with E-state index in [1.165, 1.54) is 19.3 Å². The standard InChI is InChI=1S/C37H50F3N3O6/c1-46-23-26-19-43(35(44)33-22-42(28-12-16-49-17-13-28)20-31(33)24-4-7-29(47-2)8-5-24)21-32(26)30-9-6-27(37(38,39)40)18-34(30)41-14-10-25(11-15-41)36(45)48-3/h4-8,18,25-26,28,30-33H,9-17,19-23H2,1-3H3/t26-,30?,31+,32+,33-/m1/s1. The predicted octanol–water partition coefficient (Wildman–Crippen LogP) is 4.89. The third-order valence-electron chi connectivity index (χ3n) is 11.6. The number of piperidine rings is 1. The van der Waals surface area contributed by atoms with Crippen molar-refractivity contribution >= 4 is 11.9 Å². The van der Waals surface area contributed by atoms with Gasteiger partial charge in [-0.2, -0.15) is 13.2 Å². The highest BCUT2D eigenvalue weighted by Gasteiger charge is 2.48. The lowest BCUT2D eigenvalue weighted by Gasteiger charge is -2.41. The average Bonchev–Trinajstić information content (AvgIpc) is 3.76. The van der Waals surface area contributed by atoms with E-state index in [1.807, 2.05) is 21.9 Å². The van der Waals surface area contributed by atoms with E-state index in [1.54, 1.807) is 14.2 Å². The van der Waals surface area contributed by atoms with Gasteiger partial charge in [-0.05, 0) is 61.8 Å². The summed E-state index contributed by atoms with van der Waals surface area (Å²) in [7, 11) is 4.65. The molecule has 1 aromatic rings. The van der Waals surface area contributed by atoms with Gasteiger partial charge >= 0.3 is 12.1 Å². The smallest absolute Gasteiger partial charge is 0.416 e. The molecule has 4 aliphatic heterocycles. The monoisotopic (exact) mass is 689 g/mol. The van der Waals surface area contributed by atoms with Crippen molar-refractivity contribution in [3.05, 3.63) is 53.3 Å². The van der Waals surface area contributed by atoms with Gasteiger partial charge in [-0.3, -0.25) is 14.5 Å². The molecule has 1 aromatic carbocycles. The van der Waals surface area contributed by atoms with Crippen LogP contribution in [0.2, 0.25) is 0 Å². The SMILES string of the molecule is COC[C@H]1CN(C(=O)[C@@H]2CN(C3CCOCC3)C[C@H]2c2ccc(OC)cc2)C[C@@H]1C1CC=C(C(F)(F)F)C=C1N1CCC(C(=O)OC)CC1. The minimum Gasteiger partial charge on any atom is -0.497 e. The number of halogens is 3. The molecule has 49 heavy (non-hydrogen) atoms. The summed E-state index contributed by atoms with van der Waals surface area (Å²) < 4.78 is 63.8. The Kier molecular flexibility index (Phi) is 11.3. The van der Waals surface area contributed by atoms with Gasteiger partial charge in [-0.15, -0.1) is 0 Å². The highest BCUT2D eigenvalue weighted by Crippen LogP contribution is 2.45. The maximum absolute atomic E-state index is 14.6. The van der Waals surface area contributed by atoms with Gasteiger partial charge in [0.1, 0.15) is 5.75 Å². The Morgan fingerprint density at radius 1 is 0.918 bits per heavy atom. The molecule has 1 aliphatic carbocycles.